The number of hydrogen-bond donors (Lipinski definition) is 0. The van der Waals surface area contributed by atoms with Crippen molar-refractivity contribution in [3.63, 3.8) is 0 Å². The molecule has 1 heteroatoms. The summed E-state index contributed by atoms with van der Waals surface area (Å²) >= 11 is 0. The number of aryl methyl sites for hydroxylation is 1. The van der Waals surface area contributed by atoms with Crippen molar-refractivity contribution >= 4 is 0 Å². The van der Waals surface area contributed by atoms with Crippen LogP contribution in [0.1, 0.15) is 39.7 Å². The third-order valence-corrected chi connectivity index (χ3v) is 4.31. The average Bonchev–Trinajstić information content (AvgIpc) is 2.29. The quantitative estimate of drug-likeness (QED) is 0.655. The minimum absolute atomic E-state index is 0.700. The van der Waals surface area contributed by atoms with Crippen LogP contribution in [0.2, 0.25) is 0 Å². The van der Waals surface area contributed by atoms with E-state index < -0.39 is 0 Å². The Labute approximate surface area is 107 Å². The largest absolute Gasteiger partial charge is 0.322 e. The van der Waals surface area contributed by atoms with Crippen LogP contribution in [0, 0.1) is 0 Å². The molecular formula is C16H28N+. The fourth-order valence-electron chi connectivity index (χ4n) is 2.38. The van der Waals surface area contributed by atoms with Gasteiger partial charge in [-0.1, -0.05) is 30.3 Å². The molecule has 0 aliphatic rings. The van der Waals surface area contributed by atoms with Crippen LogP contribution in [0.5, 0.6) is 0 Å². The smallest absolute Gasteiger partial charge is 0.0833 e. The summed E-state index contributed by atoms with van der Waals surface area (Å²) in [4.78, 5) is 0. The third kappa shape index (κ3) is 3.85. The molecule has 0 spiro atoms. The molecule has 1 aromatic rings. The first-order valence-corrected chi connectivity index (χ1v) is 6.85. The van der Waals surface area contributed by atoms with E-state index in [1.807, 2.05) is 0 Å². The molecular weight excluding hydrogens is 206 g/mol. The van der Waals surface area contributed by atoms with Gasteiger partial charge in [0.05, 0.1) is 25.7 Å². The summed E-state index contributed by atoms with van der Waals surface area (Å²) in [5, 5.41) is 0. The van der Waals surface area contributed by atoms with Crippen molar-refractivity contribution < 1.29 is 4.48 Å². The summed E-state index contributed by atoms with van der Waals surface area (Å²) in [5.41, 5.74) is 1.46. The predicted molar refractivity (Wildman–Crippen MR) is 76.1 cm³/mol. The van der Waals surface area contributed by atoms with Gasteiger partial charge in [-0.3, -0.25) is 0 Å². The van der Waals surface area contributed by atoms with Crippen LogP contribution in [-0.4, -0.2) is 30.2 Å². The van der Waals surface area contributed by atoms with Crippen molar-refractivity contribution in [3.8, 4) is 0 Å². The van der Waals surface area contributed by atoms with E-state index in [0.717, 1.165) is 0 Å². The van der Waals surface area contributed by atoms with Gasteiger partial charge in [-0.15, -0.1) is 0 Å². The Hall–Kier alpha value is -0.820. The van der Waals surface area contributed by atoms with Gasteiger partial charge in [-0.2, -0.15) is 0 Å². The molecule has 0 N–H and O–H groups in total. The zero-order valence-electron chi connectivity index (χ0n) is 12.1. The summed E-state index contributed by atoms with van der Waals surface area (Å²) in [6, 6.07) is 12.2. The maximum Gasteiger partial charge on any atom is 0.0833 e. The fourth-order valence-corrected chi connectivity index (χ4v) is 2.38. The minimum atomic E-state index is 0.700. The van der Waals surface area contributed by atoms with E-state index in [1.165, 1.54) is 29.4 Å². The van der Waals surface area contributed by atoms with Gasteiger partial charge in [0.1, 0.15) is 0 Å². The maximum absolute atomic E-state index is 2.39. The Balaban J connectivity index is 2.49. The van der Waals surface area contributed by atoms with Crippen LogP contribution in [0.15, 0.2) is 30.3 Å². The molecule has 17 heavy (non-hydrogen) atoms. The Bertz CT molecular complexity index is 306. The number of hydrogen-bond acceptors (Lipinski definition) is 0. The van der Waals surface area contributed by atoms with E-state index >= 15 is 0 Å². The van der Waals surface area contributed by atoms with E-state index in [9.17, 15) is 0 Å². The molecule has 0 heterocycles. The number of quaternary nitrogens is 1. The van der Waals surface area contributed by atoms with Gasteiger partial charge in [0.15, 0.2) is 0 Å². The molecule has 1 rings (SSSR count). The zero-order valence-corrected chi connectivity index (χ0v) is 12.1. The lowest BCUT2D eigenvalue weighted by Gasteiger charge is -2.42. The monoisotopic (exact) mass is 234 g/mol. The first-order chi connectivity index (χ1) is 7.97. The third-order valence-electron chi connectivity index (χ3n) is 4.31. The molecule has 1 aromatic carbocycles. The molecule has 0 unspecified atom stereocenters. The van der Waals surface area contributed by atoms with Crippen LogP contribution in [0.4, 0.5) is 0 Å². The summed E-state index contributed by atoms with van der Waals surface area (Å²) in [7, 11) is 2.39. The summed E-state index contributed by atoms with van der Waals surface area (Å²) in [6.45, 7) is 10.6. The fraction of sp³-hybridized carbons (Fsp3) is 0.625. The molecule has 0 bridgehead atoms. The van der Waals surface area contributed by atoms with E-state index in [2.05, 4.69) is 65.1 Å². The van der Waals surface area contributed by atoms with Crippen LogP contribution in [0.3, 0.4) is 0 Å². The summed E-state index contributed by atoms with van der Waals surface area (Å²) in [5.74, 6) is 0. The summed E-state index contributed by atoms with van der Waals surface area (Å²) < 4.78 is 1.17. The average molecular weight is 234 g/mol. The first-order valence-electron chi connectivity index (χ1n) is 6.85. The lowest BCUT2D eigenvalue weighted by molar-refractivity contribution is -0.949. The normalized spacial score (nSPS) is 12.4. The Morgan fingerprint density at radius 3 is 1.94 bits per heavy atom. The predicted octanol–water partition coefficient (Wildman–Crippen LogP) is 3.88. The highest BCUT2D eigenvalue weighted by Gasteiger charge is 2.28. The molecule has 0 amide bonds. The highest BCUT2D eigenvalue weighted by Crippen LogP contribution is 2.17. The molecule has 0 aliphatic heterocycles. The van der Waals surface area contributed by atoms with Crippen LogP contribution in [0.25, 0.3) is 0 Å². The van der Waals surface area contributed by atoms with E-state index in [0.29, 0.717) is 12.1 Å². The second-order valence-electron chi connectivity index (χ2n) is 5.85. The molecule has 0 atom stereocenters. The van der Waals surface area contributed by atoms with Gasteiger partial charge >= 0.3 is 0 Å². The SMILES string of the molecule is CC(C)[N+](C)(CCCc1ccccc1)C(C)C. The number of nitrogens with zero attached hydrogens (tertiary/aromatic N) is 1. The molecule has 1 nitrogen and oxygen atoms in total. The van der Waals surface area contributed by atoms with Gasteiger partial charge in [0.25, 0.3) is 0 Å². The second-order valence-corrected chi connectivity index (χ2v) is 5.85. The molecule has 0 saturated carbocycles. The first kappa shape index (κ1) is 14.2. The lowest BCUT2D eigenvalue weighted by atomic mass is 10.1. The number of rotatable bonds is 6. The van der Waals surface area contributed by atoms with E-state index in [-0.39, 0.29) is 0 Å². The van der Waals surface area contributed by atoms with Gasteiger partial charge in [0, 0.05) is 6.42 Å². The van der Waals surface area contributed by atoms with Gasteiger partial charge in [0.2, 0.25) is 0 Å². The van der Waals surface area contributed by atoms with Gasteiger partial charge in [-0.05, 0) is 39.7 Å². The molecule has 0 fully saturated rings. The van der Waals surface area contributed by atoms with Crippen molar-refractivity contribution in [2.75, 3.05) is 13.6 Å². The van der Waals surface area contributed by atoms with E-state index in [4.69, 9.17) is 0 Å². The Kier molecular flexibility index (Phi) is 5.20. The van der Waals surface area contributed by atoms with Crippen LogP contribution < -0.4 is 0 Å². The van der Waals surface area contributed by atoms with Crippen molar-refractivity contribution in [1.82, 2.24) is 0 Å². The van der Waals surface area contributed by atoms with Crippen molar-refractivity contribution in [1.29, 1.82) is 0 Å². The maximum atomic E-state index is 2.39. The Morgan fingerprint density at radius 1 is 0.941 bits per heavy atom. The van der Waals surface area contributed by atoms with E-state index in [1.54, 1.807) is 0 Å². The number of benzene rings is 1. The molecule has 96 valence electrons. The molecule has 0 aliphatic carbocycles. The standard InChI is InChI=1S/C16H28N/c1-14(2)17(5,15(3)4)13-9-12-16-10-7-6-8-11-16/h6-8,10-11,14-15H,9,12-13H2,1-5H3/q+1. The van der Waals surface area contributed by atoms with Crippen LogP contribution >= 0.6 is 0 Å². The van der Waals surface area contributed by atoms with Gasteiger partial charge in [-0.25, -0.2) is 0 Å². The van der Waals surface area contributed by atoms with Crippen molar-refractivity contribution in [2.45, 2.75) is 52.6 Å². The van der Waals surface area contributed by atoms with Crippen molar-refractivity contribution in [2.24, 2.45) is 0 Å². The second kappa shape index (κ2) is 6.20. The molecule has 0 aromatic heterocycles. The van der Waals surface area contributed by atoms with Crippen LogP contribution in [-0.2, 0) is 6.42 Å². The van der Waals surface area contributed by atoms with Crippen molar-refractivity contribution in [3.05, 3.63) is 35.9 Å². The zero-order chi connectivity index (χ0) is 12.9. The molecule has 0 saturated heterocycles. The minimum Gasteiger partial charge on any atom is -0.322 e. The summed E-state index contributed by atoms with van der Waals surface area (Å²) in [6.07, 6.45) is 2.48. The molecule has 0 radical (unpaired) electrons. The highest BCUT2D eigenvalue weighted by molar-refractivity contribution is 5.14. The highest BCUT2D eigenvalue weighted by atomic mass is 15.4. The lowest BCUT2D eigenvalue weighted by Crippen LogP contribution is -2.55. The Morgan fingerprint density at radius 2 is 1.47 bits per heavy atom. The topological polar surface area (TPSA) is 0 Å². The van der Waals surface area contributed by atoms with Gasteiger partial charge < -0.3 is 4.48 Å².